The Morgan fingerprint density at radius 2 is 1.57 bits per heavy atom. The number of halogens is 6. The monoisotopic (exact) mass is 338 g/mol. The third kappa shape index (κ3) is 5.49. The Hall–Kier alpha value is -2.21. The molecule has 1 aromatic rings. The van der Waals surface area contributed by atoms with Crippen LogP contribution in [0, 0.1) is 0 Å². The fourth-order valence-corrected chi connectivity index (χ4v) is 1.55. The minimum absolute atomic E-state index is 0.0270. The first-order chi connectivity index (χ1) is 10.4. The highest BCUT2D eigenvalue weighted by molar-refractivity contribution is 5.88. The number of carbonyl (C=O) groups excluding carboxylic acids is 1. The van der Waals surface area contributed by atoms with Crippen LogP contribution in [0.2, 0.25) is 0 Å². The highest BCUT2D eigenvalue weighted by atomic mass is 19.4. The quantitative estimate of drug-likeness (QED) is 0.341. The van der Waals surface area contributed by atoms with Gasteiger partial charge in [0.2, 0.25) is 0 Å². The number of alkyl halides is 6. The molecule has 0 unspecified atom stereocenters. The second-order valence-electron chi connectivity index (χ2n) is 4.47. The molecule has 0 aliphatic heterocycles. The van der Waals surface area contributed by atoms with Gasteiger partial charge in [0.25, 0.3) is 0 Å². The lowest BCUT2D eigenvalue weighted by Crippen LogP contribution is -2.11. The van der Waals surface area contributed by atoms with E-state index in [4.69, 9.17) is 0 Å². The molecule has 0 spiro atoms. The molecule has 1 rings (SSSR count). The van der Waals surface area contributed by atoms with Crippen LogP contribution in [0.15, 0.2) is 29.5 Å². The summed E-state index contributed by atoms with van der Waals surface area (Å²) in [5.41, 5.74) is -0.999. The summed E-state index contributed by atoms with van der Waals surface area (Å²) in [5.74, 6) is -0.758. The summed E-state index contributed by atoms with van der Waals surface area (Å²) in [6, 6.07) is 1.11. The van der Waals surface area contributed by atoms with Crippen LogP contribution in [0.1, 0.15) is 30.5 Å². The Morgan fingerprint density at radius 3 is 1.96 bits per heavy atom. The van der Waals surface area contributed by atoms with Crippen LogP contribution in [-0.2, 0) is 21.9 Å². The Kier molecular flexibility index (Phi) is 5.66. The standard InChI is InChI=1S/C15H12F6O2/c1-3-23-13(22)9(2)4-5-10-6-11(14(16,17)18)8-12(7-10)15(19,20)21/h5-8H,3H2,1-2H3. The van der Waals surface area contributed by atoms with E-state index < -0.39 is 29.4 Å². The minimum atomic E-state index is -4.93. The topological polar surface area (TPSA) is 26.3 Å². The van der Waals surface area contributed by atoms with Gasteiger partial charge in [-0.2, -0.15) is 26.3 Å². The van der Waals surface area contributed by atoms with Gasteiger partial charge < -0.3 is 4.74 Å². The number of esters is 1. The van der Waals surface area contributed by atoms with Crippen molar-refractivity contribution in [2.45, 2.75) is 26.2 Å². The summed E-state index contributed by atoms with van der Waals surface area (Å²) in [6.07, 6.45) is -8.98. The van der Waals surface area contributed by atoms with Crippen molar-refractivity contribution in [2.24, 2.45) is 0 Å². The number of hydrogen-bond acceptors (Lipinski definition) is 2. The molecule has 2 nitrogen and oxygen atoms in total. The van der Waals surface area contributed by atoms with Crippen molar-refractivity contribution in [1.29, 1.82) is 0 Å². The lowest BCUT2D eigenvalue weighted by molar-refractivity contribution is -0.143. The van der Waals surface area contributed by atoms with Crippen molar-refractivity contribution in [1.82, 2.24) is 0 Å². The van der Waals surface area contributed by atoms with Gasteiger partial charge in [-0.05, 0) is 43.7 Å². The molecule has 0 amide bonds. The van der Waals surface area contributed by atoms with E-state index in [2.05, 4.69) is 10.5 Å². The highest BCUT2D eigenvalue weighted by Crippen LogP contribution is 2.36. The molecule has 0 radical (unpaired) electrons. The largest absolute Gasteiger partial charge is 0.462 e. The van der Waals surface area contributed by atoms with Crippen LogP contribution >= 0.6 is 0 Å². The lowest BCUT2D eigenvalue weighted by atomic mass is 10.0. The first kappa shape index (κ1) is 18.8. The maximum Gasteiger partial charge on any atom is 0.416 e. The van der Waals surface area contributed by atoms with Crippen molar-refractivity contribution >= 4 is 12.0 Å². The number of carbonyl (C=O) groups is 1. The SMILES string of the molecule is CCOC(=O)C(C)=C=Cc1cc(C(F)(F)F)cc(C(F)(F)F)c1. The first-order valence-electron chi connectivity index (χ1n) is 6.35. The molecule has 0 fully saturated rings. The molecule has 23 heavy (non-hydrogen) atoms. The molecular formula is C15H12F6O2. The molecular weight excluding hydrogens is 326 g/mol. The molecule has 8 heteroatoms. The van der Waals surface area contributed by atoms with Gasteiger partial charge in [0.05, 0.1) is 23.3 Å². The van der Waals surface area contributed by atoms with E-state index in [1.807, 2.05) is 0 Å². The third-order valence-electron chi connectivity index (χ3n) is 2.65. The highest BCUT2D eigenvalue weighted by Gasteiger charge is 2.36. The Balaban J connectivity index is 3.36. The average Bonchev–Trinajstić information content (AvgIpc) is 2.42. The van der Waals surface area contributed by atoms with E-state index in [-0.39, 0.29) is 23.8 Å². The van der Waals surface area contributed by atoms with Crippen LogP contribution in [0.4, 0.5) is 26.3 Å². The van der Waals surface area contributed by atoms with E-state index in [9.17, 15) is 31.1 Å². The van der Waals surface area contributed by atoms with E-state index in [1.54, 1.807) is 6.92 Å². The summed E-state index contributed by atoms with van der Waals surface area (Å²) >= 11 is 0. The maximum atomic E-state index is 12.7. The average molecular weight is 338 g/mol. The lowest BCUT2D eigenvalue weighted by Gasteiger charge is -2.12. The molecule has 0 atom stereocenters. The number of hydrogen-bond donors (Lipinski definition) is 0. The van der Waals surface area contributed by atoms with Crippen LogP contribution in [0.3, 0.4) is 0 Å². The van der Waals surface area contributed by atoms with E-state index in [0.717, 1.165) is 6.08 Å². The van der Waals surface area contributed by atoms with Crippen molar-refractivity contribution in [3.63, 3.8) is 0 Å². The predicted molar refractivity (Wildman–Crippen MR) is 70.2 cm³/mol. The van der Waals surface area contributed by atoms with E-state index in [0.29, 0.717) is 12.1 Å². The van der Waals surface area contributed by atoms with Gasteiger partial charge in [-0.1, -0.05) is 0 Å². The van der Waals surface area contributed by atoms with Crippen molar-refractivity contribution in [2.75, 3.05) is 6.61 Å². The van der Waals surface area contributed by atoms with Gasteiger partial charge >= 0.3 is 18.3 Å². The zero-order valence-corrected chi connectivity index (χ0v) is 12.1. The van der Waals surface area contributed by atoms with Crippen LogP contribution in [-0.4, -0.2) is 12.6 Å². The number of ether oxygens (including phenoxy) is 1. The Bertz CT molecular complexity index is 617. The zero-order chi connectivity index (χ0) is 17.8. The molecule has 1 aromatic carbocycles. The zero-order valence-electron chi connectivity index (χ0n) is 12.1. The van der Waals surface area contributed by atoms with Crippen LogP contribution in [0.25, 0.3) is 6.08 Å². The predicted octanol–water partition coefficient (Wildman–Crippen LogP) is 4.85. The van der Waals surface area contributed by atoms with Gasteiger partial charge in [-0.15, -0.1) is 5.73 Å². The summed E-state index contributed by atoms with van der Waals surface area (Å²) in [5, 5.41) is 0. The Morgan fingerprint density at radius 1 is 1.09 bits per heavy atom. The first-order valence-corrected chi connectivity index (χ1v) is 6.35. The summed E-state index contributed by atoms with van der Waals surface area (Å²) in [7, 11) is 0. The molecule has 0 bridgehead atoms. The Labute approximate surface area is 128 Å². The molecule has 0 aromatic heterocycles. The van der Waals surface area contributed by atoms with Crippen molar-refractivity contribution < 1.29 is 35.9 Å². The smallest absolute Gasteiger partial charge is 0.416 e. The molecule has 0 saturated heterocycles. The number of benzene rings is 1. The second kappa shape index (κ2) is 6.91. The van der Waals surface area contributed by atoms with Crippen LogP contribution < -0.4 is 0 Å². The van der Waals surface area contributed by atoms with Crippen molar-refractivity contribution in [3.05, 3.63) is 46.2 Å². The summed E-state index contributed by atoms with van der Waals surface area (Å²) < 4.78 is 80.7. The molecule has 0 N–H and O–H groups in total. The van der Waals surface area contributed by atoms with Gasteiger partial charge in [-0.25, -0.2) is 4.79 Å². The fraction of sp³-hybridized carbons (Fsp3) is 0.333. The van der Waals surface area contributed by atoms with Crippen molar-refractivity contribution in [3.8, 4) is 0 Å². The van der Waals surface area contributed by atoms with E-state index in [1.165, 1.54) is 6.92 Å². The third-order valence-corrected chi connectivity index (χ3v) is 2.65. The normalized spacial score (nSPS) is 11.7. The second-order valence-corrected chi connectivity index (χ2v) is 4.47. The number of rotatable bonds is 3. The fourth-order valence-electron chi connectivity index (χ4n) is 1.55. The molecule has 126 valence electrons. The maximum absolute atomic E-state index is 12.7. The van der Waals surface area contributed by atoms with Gasteiger partial charge in [-0.3, -0.25) is 0 Å². The molecule has 0 saturated carbocycles. The minimum Gasteiger partial charge on any atom is -0.462 e. The molecule has 0 aliphatic carbocycles. The van der Waals surface area contributed by atoms with E-state index >= 15 is 0 Å². The van der Waals surface area contributed by atoms with Gasteiger partial charge in [0.15, 0.2) is 0 Å². The summed E-state index contributed by atoms with van der Waals surface area (Å²) in [6.45, 7) is 2.92. The van der Waals surface area contributed by atoms with Gasteiger partial charge in [0, 0.05) is 0 Å². The summed E-state index contributed by atoms with van der Waals surface area (Å²) in [4.78, 5) is 11.3. The molecule has 0 heterocycles. The van der Waals surface area contributed by atoms with Crippen LogP contribution in [0.5, 0.6) is 0 Å². The van der Waals surface area contributed by atoms with Gasteiger partial charge in [0.1, 0.15) is 0 Å². The molecule has 0 aliphatic rings.